The highest BCUT2D eigenvalue weighted by molar-refractivity contribution is 5.79. The third-order valence-electron chi connectivity index (χ3n) is 3.12. The first-order valence-corrected chi connectivity index (χ1v) is 6.54. The number of hydrogen-bond acceptors (Lipinski definition) is 4. The van der Waals surface area contributed by atoms with Gasteiger partial charge in [-0.05, 0) is 19.8 Å². The second-order valence-electron chi connectivity index (χ2n) is 4.61. The Balaban J connectivity index is 1.70. The number of aromatic nitrogens is 2. The van der Waals surface area contributed by atoms with E-state index in [0.29, 0.717) is 24.2 Å². The minimum absolute atomic E-state index is 0.571. The van der Waals surface area contributed by atoms with E-state index in [0.717, 1.165) is 12.5 Å². The first kappa shape index (κ1) is 12.9. The van der Waals surface area contributed by atoms with Crippen LogP contribution in [0.5, 0.6) is 0 Å². The quantitative estimate of drug-likeness (QED) is 0.617. The van der Waals surface area contributed by atoms with Crippen LogP contribution in [-0.2, 0) is 6.42 Å². The zero-order chi connectivity index (χ0) is 12.8. The average molecular weight is 251 g/mol. The Morgan fingerprint density at radius 1 is 1.44 bits per heavy atom. The van der Waals surface area contributed by atoms with Gasteiger partial charge in [-0.2, -0.15) is 4.98 Å². The topological polar surface area (TPSA) is 75.3 Å². The Hall–Kier alpha value is -1.59. The van der Waals surface area contributed by atoms with Gasteiger partial charge in [0.2, 0.25) is 5.89 Å². The summed E-state index contributed by atoms with van der Waals surface area (Å²) in [4.78, 5) is 8.37. The van der Waals surface area contributed by atoms with E-state index in [1.165, 1.54) is 25.7 Å². The van der Waals surface area contributed by atoms with Gasteiger partial charge in [-0.25, -0.2) is 0 Å². The highest BCUT2D eigenvalue weighted by Gasteiger charge is 2.15. The number of aliphatic imine (C=N–C) groups is 1. The van der Waals surface area contributed by atoms with E-state index in [9.17, 15) is 0 Å². The molecular formula is C12H21N5O. The first-order chi connectivity index (χ1) is 8.78. The van der Waals surface area contributed by atoms with Crippen molar-refractivity contribution in [2.75, 3.05) is 13.6 Å². The molecule has 0 atom stereocenters. The Labute approximate surface area is 107 Å². The van der Waals surface area contributed by atoms with Gasteiger partial charge >= 0.3 is 0 Å². The van der Waals surface area contributed by atoms with Crippen molar-refractivity contribution < 1.29 is 4.52 Å². The Kier molecular flexibility index (Phi) is 4.55. The van der Waals surface area contributed by atoms with Gasteiger partial charge in [0.05, 0.1) is 0 Å². The van der Waals surface area contributed by atoms with Crippen LogP contribution in [0.15, 0.2) is 9.52 Å². The molecule has 18 heavy (non-hydrogen) atoms. The molecule has 0 radical (unpaired) electrons. The van der Waals surface area contributed by atoms with Gasteiger partial charge < -0.3 is 15.2 Å². The molecule has 0 amide bonds. The minimum atomic E-state index is 0.571. The fourth-order valence-corrected chi connectivity index (χ4v) is 2.19. The smallest absolute Gasteiger partial charge is 0.228 e. The van der Waals surface area contributed by atoms with Crippen molar-refractivity contribution in [2.45, 2.75) is 45.1 Å². The second-order valence-corrected chi connectivity index (χ2v) is 4.61. The average Bonchev–Trinajstić information content (AvgIpc) is 3.00. The highest BCUT2D eigenvalue weighted by atomic mass is 16.5. The van der Waals surface area contributed by atoms with Gasteiger partial charge in [0.25, 0.3) is 0 Å². The van der Waals surface area contributed by atoms with E-state index >= 15 is 0 Å². The summed E-state index contributed by atoms with van der Waals surface area (Å²) in [5.74, 6) is 2.20. The molecule has 0 unspecified atom stereocenters. The molecule has 1 aliphatic rings. The molecule has 100 valence electrons. The van der Waals surface area contributed by atoms with Gasteiger partial charge in [0.1, 0.15) is 0 Å². The lowest BCUT2D eigenvalue weighted by molar-refractivity contribution is 0.374. The van der Waals surface area contributed by atoms with E-state index < -0.39 is 0 Å². The van der Waals surface area contributed by atoms with Crippen molar-refractivity contribution in [3.63, 3.8) is 0 Å². The van der Waals surface area contributed by atoms with Crippen LogP contribution in [0.1, 0.15) is 37.4 Å². The number of nitrogens with zero attached hydrogens (tertiary/aromatic N) is 3. The lowest BCUT2D eigenvalue weighted by atomic mass is 10.2. The molecule has 0 bridgehead atoms. The maximum Gasteiger partial charge on any atom is 0.228 e. The molecule has 6 nitrogen and oxygen atoms in total. The van der Waals surface area contributed by atoms with Crippen LogP contribution in [0.4, 0.5) is 0 Å². The molecule has 1 fully saturated rings. The van der Waals surface area contributed by atoms with Crippen LogP contribution in [0, 0.1) is 6.92 Å². The fraction of sp³-hybridized carbons (Fsp3) is 0.750. The predicted octanol–water partition coefficient (Wildman–Crippen LogP) is 1.03. The van der Waals surface area contributed by atoms with E-state index in [-0.39, 0.29) is 0 Å². The number of hydrogen-bond donors (Lipinski definition) is 2. The Morgan fingerprint density at radius 2 is 2.22 bits per heavy atom. The Bertz CT molecular complexity index is 395. The van der Waals surface area contributed by atoms with Crippen LogP contribution >= 0.6 is 0 Å². The molecule has 2 N–H and O–H groups in total. The van der Waals surface area contributed by atoms with Gasteiger partial charge in [-0.3, -0.25) is 4.99 Å². The summed E-state index contributed by atoms with van der Waals surface area (Å²) in [5.41, 5.74) is 0. The van der Waals surface area contributed by atoms with E-state index in [4.69, 9.17) is 4.52 Å². The standard InChI is InChI=1S/C12H21N5O/c1-9-15-11(18-17-9)7-8-14-12(13-2)16-10-5-3-4-6-10/h10H,3-8H2,1-2H3,(H2,13,14,16). The van der Waals surface area contributed by atoms with E-state index in [2.05, 4.69) is 25.8 Å². The Morgan fingerprint density at radius 3 is 2.83 bits per heavy atom. The predicted molar refractivity (Wildman–Crippen MR) is 69.5 cm³/mol. The van der Waals surface area contributed by atoms with Crippen LogP contribution in [0.25, 0.3) is 0 Å². The van der Waals surface area contributed by atoms with Gasteiger partial charge in [-0.1, -0.05) is 18.0 Å². The van der Waals surface area contributed by atoms with E-state index in [1.807, 2.05) is 6.92 Å². The third-order valence-corrected chi connectivity index (χ3v) is 3.12. The molecule has 1 saturated carbocycles. The molecule has 2 rings (SSSR count). The van der Waals surface area contributed by atoms with Gasteiger partial charge in [-0.15, -0.1) is 0 Å². The first-order valence-electron chi connectivity index (χ1n) is 6.54. The molecule has 0 spiro atoms. The van der Waals surface area contributed by atoms with Crippen molar-refractivity contribution >= 4 is 5.96 Å². The molecule has 1 aliphatic carbocycles. The number of rotatable bonds is 4. The SMILES string of the molecule is CN=C(NCCc1nc(C)no1)NC1CCCC1. The van der Waals surface area contributed by atoms with Crippen molar-refractivity contribution in [3.05, 3.63) is 11.7 Å². The summed E-state index contributed by atoms with van der Waals surface area (Å²) in [5, 5.41) is 10.5. The van der Waals surface area contributed by atoms with Crippen molar-refractivity contribution in [1.82, 2.24) is 20.8 Å². The number of nitrogens with one attached hydrogen (secondary N) is 2. The summed E-state index contributed by atoms with van der Waals surface area (Å²) < 4.78 is 5.05. The van der Waals surface area contributed by atoms with Crippen LogP contribution in [-0.4, -0.2) is 35.7 Å². The maximum atomic E-state index is 5.05. The molecule has 1 heterocycles. The van der Waals surface area contributed by atoms with Crippen molar-refractivity contribution in [2.24, 2.45) is 4.99 Å². The molecule has 1 aromatic rings. The minimum Gasteiger partial charge on any atom is -0.356 e. The molecule has 6 heteroatoms. The molecule has 0 aliphatic heterocycles. The molecule has 1 aromatic heterocycles. The largest absolute Gasteiger partial charge is 0.356 e. The lowest BCUT2D eigenvalue weighted by Crippen LogP contribution is -2.43. The monoisotopic (exact) mass is 251 g/mol. The zero-order valence-electron chi connectivity index (χ0n) is 11.1. The maximum absolute atomic E-state index is 5.05. The van der Waals surface area contributed by atoms with Crippen LogP contribution < -0.4 is 10.6 Å². The second kappa shape index (κ2) is 6.37. The van der Waals surface area contributed by atoms with Gasteiger partial charge in [0.15, 0.2) is 11.8 Å². The van der Waals surface area contributed by atoms with Crippen molar-refractivity contribution in [3.8, 4) is 0 Å². The van der Waals surface area contributed by atoms with Crippen molar-refractivity contribution in [1.29, 1.82) is 0 Å². The zero-order valence-corrected chi connectivity index (χ0v) is 11.1. The fourth-order valence-electron chi connectivity index (χ4n) is 2.19. The number of guanidine groups is 1. The summed E-state index contributed by atoms with van der Waals surface area (Å²) in [6.45, 7) is 2.56. The molecule has 0 aromatic carbocycles. The summed E-state index contributed by atoms with van der Waals surface area (Å²) >= 11 is 0. The van der Waals surface area contributed by atoms with Crippen LogP contribution in [0.3, 0.4) is 0 Å². The molecule has 0 saturated heterocycles. The normalized spacial score (nSPS) is 17.1. The van der Waals surface area contributed by atoms with E-state index in [1.54, 1.807) is 7.05 Å². The highest BCUT2D eigenvalue weighted by Crippen LogP contribution is 2.17. The lowest BCUT2D eigenvalue weighted by Gasteiger charge is -2.16. The summed E-state index contributed by atoms with van der Waals surface area (Å²) in [6, 6.07) is 0.571. The summed E-state index contributed by atoms with van der Waals surface area (Å²) in [7, 11) is 1.79. The number of aryl methyl sites for hydroxylation is 1. The molecular weight excluding hydrogens is 230 g/mol. The third kappa shape index (κ3) is 3.72. The van der Waals surface area contributed by atoms with Crippen LogP contribution in [0.2, 0.25) is 0 Å². The summed E-state index contributed by atoms with van der Waals surface area (Å²) in [6.07, 6.45) is 5.82. The van der Waals surface area contributed by atoms with Gasteiger partial charge in [0, 0.05) is 26.1 Å².